The van der Waals surface area contributed by atoms with Gasteiger partial charge in [0.15, 0.2) is 0 Å². The molecule has 1 unspecified atom stereocenters. The van der Waals surface area contributed by atoms with Gasteiger partial charge in [-0.25, -0.2) is 4.39 Å². The van der Waals surface area contributed by atoms with Crippen molar-refractivity contribution >= 4 is 15.9 Å². The maximum absolute atomic E-state index is 12.7. The highest BCUT2D eigenvalue weighted by atomic mass is 79.9. The van der Waals surface area contributed by atoms with E-state index in [1.807, 2.05) is 7.05 Å². The molecule has 0 saturated carbocycles. The number of nitrogens with one attached hydrogen (secondary N) is 1. The number of nitrogens with two attached hydrogens (primary N) is 1. The van der Waals surface area contributed by atoms with Gasteiger partial charge in [-0.05, 0) is 24.7 Å². The van der Waals surface area contributed by atoms with Crippen LogP contribution in [0.3, 0.4) is 0 Å². The van der Waals surface area contributed by atoms with Crippen LogP contribution in [0.4, 0.5) is 4.39 Å². The average Bonchev–Trinajstić information content (AvgIpc) is 2.10. The molecule has 0 aliphatic carbocycles. The molecule has 1 atom stereocenters. The van der Waals surface area contributed by atoms with Gasteiger partial charge >= 0.3 is 0 Å². The lowest BCUT2D eigenvalue weighted by Gasteiger charge is -2.15. The van der Waals surface area contributed by atoms with E-state index in [1.54, 1.807) is 6.07 Å². The lowest BCUT2D eigenvalue weighted by Crippen LogP contribution is -2.25. The smallest absolute Gasteiger partial charge is 0.124 e. The van der Waals surface area contributed by atoms with Crippen LogP contribution in [-0.2, 0) is 0 Å². The van der Waals surface area contributed by atoms with Crippen molar-refractivity contribution in [1.29, 1.82) is 0 Å². The maximum atomic E-state index is 12.7. The second-order valence-corrected chi connectivity index (χ2v) is 3.60. The van der Waals surface area contributed by atoms with Gasteiger partial charge in [0.05, 0.1) is 0 Å². The third-order valence-electron chi connectivity index (χ3n) is 1.92. The van der Waals surface area contributed by atoms with E-state index in [-0.39, 0.29) is 11.9 Å². The van der Waals surface area contributed by atoms with Crippen LogP contribution in [0, 0.1) is 5.82 Å². The van der Waals surface area contributed by atoms with Crippen molar-refractivity contribution in [2.75, 3.05) is 13.6 Å². The van der Waals surface area contributed by atoms with Crippen molar-refractivity contribution in [3.63, 3.8) is 0 Å². The van der Waals surface area contributed by atoms with Crippen LogP contribution in [0.1, 0.15) is 11.6 Å². The second kappa shape index (κ2) is 4.69. The van der Waals surface area contributed by atoms with Crippen molar-refractivity contribution in [1.82, 2.24) is 5.32 Å². The van der Waals surface area contributed by atoms with E-state index in [0.717, 1.165) is 10.0 Å². The first-order valence-corrected chi connectivity index (χ1v) is 4.80. The van der Waals surface area contributed by atoms with Gasteiger partial charge in [0.25, 0.3) is 0 Å². The van der Waals surface area contributed by atoms with Crippen molar-refractivity contribution < 1.29 is 4.39 Å². The highest BCUT2D eigenvalue weighted by Gasteiger charge is 2.10. The van der Waals surface area contributed by atoms with Gasteiger partial charge in [0.1, 0.15) is 5.82 Å². The summed E-state index contributed by atoms with van der Waals surface area (Å²) in [6.45, 7) is 0.487. The Morgan fingerprint density at radius 2 is 2.31 bits per heavy atom. The molecule has 0 aromatic heterocycles. The van der Waals surface area contributed by atoms with Gasteiger partial charge in [-0.15, -0.1) is 0 Å². The lowest BCUT2D eigenvalue weighted by atomic mass is 10.1. The Bertz CT molecular complexity index is 287. The summed E-state index contributed by atoms with van der Waals surface area (Å²) in [6.07, 6.45) is 0. The molecule has 72 valence electrons. The zero-order valence-electron chi connectivity index (χ0n) is 7.35. The molecule has 0 amide bonds. The van der Waals surface area contributed by atoms with Crippen molar-refractivity contribution in [3.8, 4) is 0 Å². The minimum atomic E-state index is -0.248. The summed E-state index contributed by atoms with van der Waals surface area (Å²) in [5.74, 6) is -0.248. The second-order valence-electron chi connectivity index (χ2n) is 2.74. The van der Waals surface area contributed by atoms with Gasteiger partial charge in [-0.1, -0.05) is 22.0 Å². The zero-order chi connectivity index (χ0) is 9.84. The Labute approximate surface area is 85.4 Å². The number of halogens is 2. The van der Waals surface area contributed by atoms with E-state index in [0.29, 0.717) is 6.54 Å². The maximum Gasteiger partial charge on any atom is 0.124 e. The summed E-state index contributed by atoms with van der Waals surface area (Å²) in [7, 11) is 1.83. The monoisotopic (exact) mass is 246 g/mol. The zero-order valence-corrected chi connectivity index (χ0v) is 8.94. The quantitative estimate of drug-likeness (QED) is 0.854. The van der Waals surface area contributed by atoms with Gasteiger partial charge in [0, 0.05) is 17.1 Å². The predicted molar refractivity (Wildman–Crippen MR) is 55.0 cm³/mol. The molecule has 0 aliphatic heterocycles. The minimum Gasteiger partial charge on any atom is -0.329 e. The molecular formula is C9H12BrFN2. The lowest BCUT2D eigenvalue weighted by molar-refractivity contribution is 0.594. The number of rotatable bonds is 3. The standard InChI is InChI=1S/C9H12BrFN2/c1-13-9(5-12)7-3-2-6(11)4-8(7)10/h2-4,9,13H,5,12H2,1H3. The van der Waals surface area contributed by atoms with Crippen LogP contribution in [0.15, 0.2) is 22.7 Å². The molecule has 3 N–H and O–H groups in total. The number of hydrogen-bond acceptors (Lipinski definition) is 2. The Morgan fingerprint density at radius 3 is 2.77 bits per heavy atom. The molecule has 1 aromatic rings. The van der Waals surface area contributed by atoms with E-state index >= 15 is 0 Å². The Kier molecular flexibility index (Phi) is 3.84. The van der Waals surface area contributed by atoms with Gasteiger partial charge in [-0.3, -0.25) is 0 Å². The van der Waals surface area contributed by atoms with E-state index < -0.39 is 0 Å². The molecule has 0 aliphatic rings. The molecule has 0 bridgehead atoms. The van der Waals surface area contributed by atoms with Crippen molar-refractivity contribution in [2.45, 2.75) is 6.04 Å². The first kappa shape index (κ1) is 10.6. The van der Waals surface area contributed by atoms with Crippen LogP contribution in [0.25, 0.3) is 0 Å². The number of likely N-dealkylation sites (N-methyl/N-ethyl adjacent to an activating group) is 1. The largest absolute Gasteiger partial charge is 0.329 e. The summed E-state index contributed by atoms with van der Waals surface area (Å²) < 4.78 is 13.5. The van der Waals surface area contributed by atoms with Crippen LogP contribution in [0.2, 0.25) is 0 Å². The third-order valence-corrected chi connectivity index (χ3v) is 2.61. The molecule has 4 heteroatoms. The number of benzene rings is 1. The summed E-state index contributed by atoms with van der Waals surface area (Å²) in [5, 5.41) is 3.05. The fraction of sp³-hybridized carbons (Fsp3) is 0.333. The molecule has 0 heterocycles. The highest BCUT2D eigenvalue weighted by molar-refractivity contribution is 9.10. The fourth-order valence-electron chi connectivity index (χ4n) is 1.18. The number of hydrogen-bond donors (Lipinski definition) is 2. The molecule has 0 fully saturated rings. The fourth-order valence-corrected chi connectivity index (χ4v) is 1.81. The minimum absolute atomic E-state index is 0.0648. The van der Waals surface area contributed by atoms with Gasteiger partial charge in [0.2, 0.25) is 0 Å². The van der Waals surface area contributed by atoms with E-state index in [9.17, 15) is 4.39 Å². The normalized spacial score (nSPS) is 12.9. The summed E-state index contributed by atoms with van der Waals surface area (Å²) in [4.78, 5) is 0. The summed E-state index contributed by atoms with van der Waals surface area (Å²) in [6, 6.07) is 4.66. The van der Waals surface area contributed by atoms with Crippen LogP contribution < -0.4 is 11.1 Å². The first-order chi connectivity index (χ1) is 6.19. The predicted octanol–water partition coefficient (Wildman–Crippen LogP) is 1.81. The molecular weight excluding hydrogens is 235 g/mol. The average molecular weight is 247 g/mol. The van der Waals surface area contributed by atoms with Crippen LogP contribution in [0.5, 0.6) is 0 Å². The van der Waals surface area contributed by atoms with E-state index in [2.05, 4.69) is 21.2 Å². The SMILES string of the molecule is CNC(CN)c1ccc(F)cc1Br. The Hall–Kier alpha value is -0.450. The molecule has 0 radical (unpaired) electrons. The first-order valence-electron chi connectivity index (χ1n) is 4.01. The summed E-state index contributed by atoms with van der Waals surface area (Å²) in [5.41, 5.74) is 6.52. The van der Waals surface area contributed by atoms with Crippen LogP contribution >= 0.6 is 15.9 Å². The summed E-state index contributed by atoms with van der Waals surface area (Å²) >= 11 is 3.29. The molecule has 1 rings (SSSR count). The van der Waals surface area contributed by atoms with Crippen LogP contribution in [-0.4, -0.2) is 13.6 Å². The molecule has 13 heavy (non-hydrogen) atoms. The Balaban J connectivity index is 2.99. The Morgan fingerprint density at radius 1 is 1.62 bits per heavy atom. The highest BCUT2D eigenvalue weighted by Crippen LogP contribution is 2.23. The molecule has 0 spiro atoms. The molecule has 0 saturated heterocycles. The van der Waals surface area contributed by atoms with E-state index in [1.165, 1.54) is 12.1 Å². The molecule has 1 aromatic carbocycles. The van der Waals surface area contributed by atoms with Crippen molar-refractivity contribution in [2.24, 2.45) is 5.73 Å². The van der Waals surface area contributed by atoms with Gasteiger partial charge in [-0.2, -0.15) is 0 Å². The molecule has 2 nitrogen and oxygen atoms in total. The van der Waals surface area contributed by atoms with Gasteiger partial charge < -0.3 is 11.1 Å². The van der Waals surface area contributed by atoms with Crippen molar-refractivity contribution in [3.05, 3.63) is 34.1 Å². The van der Waals surface area contributed by atoms with E-state index in [4.69, 9.17) is 5.73 Å². The topological polar surface area (TPSA) is 38.0 Å². The third kappa shape index (κ3) is 2.49.